The third-order valence-corrected chi connectivity index (χ3v) is 5.25. The first-order valence-corrected chi connectivity index (χ1v) is 10.1. The van der Waals surface area contributed by atoms with Gasteiger partial charge in [-0.2, -0.15) is 0 Å². The van der Waals surface area contributed by atoms with Gasteiger partial charge in [-0.15, -0.1) is 0 Å². The number of hydrogen-bond acceptors (Lipinski definition) is 2. The molecule has 3 aromatic carbocycles. The zero-order valence-electron chi connectivity index (χ0n) is 17.5. The lowest BCUT2D eigenvalue weighted by molar-refractivity contribution is 0.102. The molecule has 0 aliphatic carbocycles. The Balaban J connectivity index is 1.72. The van der Waals surface area contributed by atoms with Gasteiger partial charge in [-0.1, -0.05) is 77.9 Å². The van der Waals surface area contributed by atoms with Crippen molar-refractivity contribution in [2.24, 2.45) is 7.05 Å². The van der Waals surface area contributed by atoms with Crippen LogP contribution < -0.4 is 5.32 Å². The van der Waals surface area contributed by atoms with Crippen LogP contribution in [0.4, 0.5) is 5.95 Å². The molecule has 0 bridgehead atoms. The van der Waals surface area contributed by atoms with Crippen LogP contribution in [0.15, 0.2) is 78.9 Å². The third-order valence-electron chi connectivity index (χ3n) is 5.25. The molecule has 4 rings (SSSR count). The molecule has 4 nitrogen and oxygen atoms in total. The van der Waals surface area contributed by atoms with E-state index in [1.165, 1.54) is 11.1 Å². The molecule has 1 N–H and O–H groups in total. The summed E-state index contributed by atoms with van der Waals surface area (Å²) >= 11 is 0. The second-order valence-electron chi connectivity index (χ2n) is 7.64. The Morgan fingerprint density at radius 2 is 1.47 bits per heavy atom. The average Bonchev–Trinajstić information content (AvgIpc) is 3.04. The molecule has 0 saturated carbocycles. The maximum Gasteiger partial charge on any atom is 0.257 e. The summed E-state index contributed by atoms with van der Waals surface area (Å²) in [6.45, 7) is 4.08. The summed E-state index contributed by atoms with van der Waals surface area (Å²) in [5.41, 5.74) is 7.15. The lowest BCUT2D eigenvalue weighted by Crippen LogP contribution is -2.15. The van der Waals surface area contributed by atoms with Gasteiger partial charge in [-0.05, 0) is 31.5 Å². The minimum atomic E-state index is -0.162. The van der Waals surface area contributed by atoms with Gasteiger partial charge in [0.05, 0.1) is 11.4 Å². The summed E-state index contributed by atoms with van der Waals surface area (Å²) in [6.07, 6.45) is 0.693. The van der Waals surface area contributed by atoms with Gasteiger partial charge < -0.3 is 4.57 Å². The van der Waals surface area contributed by atoms with Crippen molar-refractivity contribution in [3.63, 3.8) is 0 Å². The number of aromatic nitrogens is 2. The Labute approximate surface area is 177 Å². The van der Waals surface area contributed by atoms with Crippen molar-refractivity contribution in [2.45, 2.75) is 20.3 Å². The molecule has 0 spiro atoms. The molecule has 150 valence electrons. The van der Waals surface area contributed by atoms with Gasteiger partial charge in [-0.25, -0.2) is 4.98 Å². The molecule has 0 radical (unpaired) electrons. The minimum Gasteiger partial charge on any atom is -0.313 e. The Hall–Kier alpha value is -3.66. The lowest BCUT2D eigenvalue weighted by atomic mass is 10.0. The number of hydrogen-bond donors (Lipinski definition) is 1. The molecule has 0 aliphatic rings. The minimum absolute atomic E-state index is 0.162. The number of nitrogens with one attached hydrogen (secondary N) is 1. The van der Waals surface area contributed by atoms with E-state index in [4.69, 9.17) is 4.98 Å². The maximum atomic E-state index is 12.8. The quantitative estimate of drug-likeness (QED) is 0.482. The van der Waals surface area contributed by atoms with E-state index >= 15 is 0 Å². The number of aryl methyl sites for hydroxylation is 2. The van der Waals surface area contributed by atoms with Gasteiger partial charge in [0.25, 0.3) is 5.91 Å². The molecular formula is C26H25N3O. The molecule has 0 saturated heterocycles. The normalized spacial score (nSPS) is 10.8. The van der Waals surface area contributed by atoms with Crippen LogP contribution in [-0.4, -0.2) is 15.5 Å². The molecule has 4 heteroatoms. The van der Waals surface area contributed by atoms with Gasteiger partial charge in [0.2, 0.25) is 5.95 Å². The summed E-state index contributed by atoms with van der Waals surface area (Å²) in [4.78, 5) is 17.6. The van der Waals surface area contributed by atoms with Crippen LogP contribution in [0.1, 0.15) is 32.7 Å². The van der Waals surface area contributed by atoms with Gasteiger partial charge in [-0.3, -0.25) is 10.1 Å². The largest absolute Gasteiger partial charge is 0.313 e. The smallest absolute Gasteiger partial charge is 0.257 e. The highest BCUT2D eigenvalue weighted by Crippen LogP contribution is 2.29. The van der Waals surface area contributed by atoms with Crippen LogP contribution in [0.2, 0.25) is 0 Å². The van der Waals surface area contributed by atoms with E-state index in [1.54, 1.807) is 0 Å². The Bertz CT molecular complexity index is 1160. The summed E-state index contributed by atoms with van der Waals surface area (Å²) in [7, 11) is 1.95. The first-order valence-electron chi connectivity index (χ1n) is 10.1. The number of anilines is 1. The maximum absolute atomic E-state index is 12.8. The van der Waals surface area contributed by atoms with Crippen molar-refractivity contribution < 1.29 is 4.79 Å². The fraction of sp³-hybridized carbons (Fsp3) is 0.154. The Morgan fingerprint density at radius 3 is 2.10 bits per heavy atom. The van der Waals surface area contributed by atoms with Crippen LogP contribution in [0.25, 0.3) is 11.3 Å². The predicted octanol–water partition coefficient (Wildman–Crippen LogP) is 5.55. The summed E-state index contributed by atoms with van der Waals surface area (Å²) in [5, 5.41) is 2.99. The highest BCUT2D eigenvalue weighted by Gasteiger charge is 2.19. The number of amides is 1. The number of carbonyl (C=O) groups is 1. The monoisotopic (exact) mass is 395 g/mol. The Morgan fingerprint density at radius 1 is 0.867 bits per heavy atom. The molecular weight excluding hydrogens is 370 g/mol. The highest BCUT2D eigenvalue weighted by molar-refractivity contribution is 6.03. The second kappa shape index (κ2) is 8.37. The van der Waals surface area contributed by atoms with Gasteiger partial charge >= 0.3 is 0 Å². The van der Waals surface area contributed by atoms with Crippen molar-refractivity contribution in [3.8, 4) is 11.3 Å². The molecule has 0 aliphatic heterocycles. The standard InChI is InChI=1S/C26H25N3O/c1-18-9-13-21(14-10-18)24-23(17-20-7-5-4-6-8-20)27-26(29(24)3)28-25(30)22-15-11-19(2)12-16-22/h4-16H,17H2,1-3H3,(H,27,28,30). The van der Waals surface area contributed by atoms with Gasteiger partial charge in [0.15, 0.2) is 0 Å². The van der Waals surface area contributed by atoms with Crippen molar-refractivity contribution in [1.29, 1.82) is 0 Å². The summed E-state index contributed by atoms with van der Waals surface area (Å²) in [6, 6.07) is 26.2. The van der Waals surface area contributed by atoms with Crippen LogP contribution >= 0.6 is 0 Å². The van der Waals surface area contributed by atoms with Crippen LogP contribution in [0.3, 0.4) is 0 Å². The van der Waals surface area contributed by atoms with E-state index in [9.17, 15) is 4.79 Å². The fourth-order valence-electron chi connectivity index (χ4n) is 3.53. The topological polar surface area (TPSA) is 46.9 Å². The number of benzene rings is 3. The van der Waals surface area contributed by atoms with Crippen molar-refractivity contribution >= 4 is 11.9 Å². The molecule has 0 atom stereocenters. The molecule has 1 heterocycles. The van der Waals surface area contributed by atoms with E-state index in [-0.39, 0.29) is 5.91 Å². The summed E-state index contributed by atoms with van der Waals surface area (Å²) < 4.78 is 1.97. The Kier molecular flexibility index (Phi) is 5.48. The highest BCUT2D eigenvalue weighted by atomic mass is 16.1. The molecule has 0 unspecified atom stereocenters. The van der Waals surface area contributed by atoms with E-state index in [0.717, 1.165) is 22.5 Å². The van der Waals surface area contributed by atoms with E-state index in [0.29, 0.717) is 17.9 Å². The zero-order valence-corrected chi connectivity index (χ0v) is 17.5. The van der Waals surface area contributed by atoms with Crippen molar-refractivity contribution in [2.75, 3.05) is 5.32 Å². The van der Waals surface area contributed by atoms with Crippen molar-refractivity contribution in [1.82, 2.24) is 9.55 Å². The van der Waals surface area contributed by atoms with Gasteiger partial charge in [0.1, 0.15) is 0 Å². The van der Waals surface area contributed by atoms with Gasteiger partial charge in [0, 0.05) is 24.6 Å². The van der Waals surface area contributed by atoms with E-state index < -0.39 is 0 Å². The zero-order chi connectivity index (χ0) is 21.1. The van der Waals surface area contributed by atoms with Crippen LogP contribution in [0, 0.1) is 13.8 Å². The molecule has 30 heavy (non-hydrogen) atoms. The van der Waals surface area contributed by atoms with Crippen LogP contribution in [-0.2, 0) is 13.5 Å². The van der Waals surface area contributed by atoms with E-state index in [2.05, 4.69) is 48.6 Å². The molecule has 1 amide bonds. The summed E-state index contributed by atoms with van der Waals surface area (Å²) in [5.74, 6) is 0.381. The molecule has 4 aromatic rings. The van der Waals surface area contributed by atoms with Crippen molar-refractivity contribution in [3.05, 3.63) is 107 Å². The first kappa shape index (κ1) is 19.6. The van der Waals surface area contributed by atoms with E-state index in [1.807, 2.05) is 61.0 Å². The average molecular weight is 396 g/mol. The predicted molar refractivity (Wildman–Crippen MR) is 122 cm³/mol. The number of rotatable bonds is 5. The lowest BCUT2D eigenvalue weighted by Gasteiger charge is -2.09. The first-order chi connectivity index (χ1) is 14.5. The molecule has 0 fully saturated rings. The van der Waals surface area contributed by atoms with Crippen LogP contribution in [0.5, 0.6) is 0 Å². The third kappa shape index (κ3) is 4.18. The fourth-order valence-corrected chi connectivity index (χ4v) is 3.53. The molecule has 1 aromatic heterocycles. The number of imidazole rings is 1. The number of nitrogens with zero attached hydrogens (tertiary/aromatic N) is 2. The SMILES string of the molecule is Cc1ccc(C(=O)Nc2nc(Cc3ccccc3)c(-c3ccc(C)cc3)n2C)cc1. The number of carbonyl (C=O) groups excluding carboxylic acids is 1. The second-order valence-corrected chi connectivity index (χ2v) is 7.64.